The molecule has 1 fully saturated rings. The summed E-state index contributed by atoms with van der Waals surface area (Å²) in [6.07, 6.45) is -3.38. The molecule has 1 aliphatic rings. The Morgan fingerprint density at radius 1 is 1.38 bits per heavy atom. The van der Waals surface area contributed by atoms with Crippen LogP contribution in [-0.2, 0) is 6.18 Å². The molecule has 2 nitrogen and oxygen atoms in total. The highest BCUT2D eigenvalue weighted by atomic mass is 79.9. The van der Waals surface area contributed by atoms with Crippen LogP contribution >= 0.6 is 15.9 Å². The molecular weight excluding hydrogens is 345 g/mol. The maximum Gasteiger partial charge on any atom is 0.417 e. The number of nitrogens with zero attached hydrogens (tertiary/aromatic N) is 1. The zero-order valence-corrected chi connectivity index (χ0v) is 13.8. The van der Waals surface area contributed by atoms with Crippen molar-refractivity contribution < 1.29 is 13.2 Å². The first-order valence-corrected chi connectivity index (χ1v) is 7.97. The molecule has 118 valence electrons. The average Bonchev–Trinajstić information content (AvgIpc) is 2.40. The van der Waals surface area contributed by atoms with Crippen LogP contribution in [0.5, 0.6) is 0 Å². The molecule has 1 aliphatic heterocycles. The van der Waals surface area contributed by atoms with Crippen molar-refractivity contribution in [2.45, 2.75) is 32.5 Å². The monoisotopic (exact) mass is 364 g/mol. The van der Waals surface area contributed by atoms with Gasteiger partial charge in [0, 0.05) is 29.3 Å². The van der Waals surface area contributed by atoms with Gasteiger partial charge in [0.25, 0.3) is 0 Å². The molecule has 2 rings (SSSR count). The number of hydrogen-bond donors (Lipinski definition) is 1. The topological polar surface area (TPSA) is 15.3 Å². The summed E-state index contributed by atoms with van der Waals surface area (Å²) < 4.78 is 39.0. The SMILES string of the molecule is CCNC1CCN(c2ccc(Br)c(C(F)(F)F)c2)CC1C. The van der Waals surface area contributed by atoms with Crippen LogP contribution in [0.3, 0.4) is 0 Å². The van der Waals surface area contributed by atoms with Gasteiger partial charge in [0.15, 0.2) is 0 Å². The van der Waals surface area contributed by atoms with Crippen molar-refractivity contribution in [1.29, 1.82) is 0 Å². The second-order valence-corrected chi connectivity index (χ2v) is 6.39. The minimum Gasteiger partial charge on any atom is -0.371 e. The number of nitrogens with one attached hydrogen (secondary N) is 1. The summed E-state index contributed by atoms with van der Waals surface area (Å²) in [5, 5.41) is 3.44. The standard InChI is InChI=1S/C15H20BrF3N2/c1-3-20-14-6-7-21(9-10(14)2)11-4-5-13(16)12(8-11)15(17,18)19/h4-5,8,10,14,20H,3,6-7,9H2,1-2H3. The summed E-state index contributed by atoms with van der Waals surface area (Å²) in [6.45, 7) is 6.69. The molecule has 1 N–H and O–H groups in total. The summed E-state index contributed by atoms with van der Waals surface area (Å²) in [5.41, 5.74) is 0.0359. The normalized spacial score (nSPS) is 23.4. The summed E-state index contributed by atoms with van der Waals surface area (Å²) in [7, 11) is 0. The number of hydrogen-bond acceptors (Lipinski definition) is 2. The van der Waals surface area contributed by atoms with Crippen molar-refractivity contribution in [2.75, 3.05) is 24.5 Å². The second kappa shape index (κ2) is 6.57. The minimum atomic E-state index is -4.33. The maximum atomic E-state index is 13.0. The van der Waals surface area contributed by atoms with Gasteiger partial charge in [0.1, 0.15) is 0 Å². The Morgan fingerprint density at radius 3 is 2.67 bits per heavy atom. The molecule has 0 aromatic heterocycles. The smallest absolute Gasteiger partial charge is 0.371 e. The predicted octanol–water partition coefficient (Wildman–Crippen LogP) is 4.29. The van der Waals surface area contributed by atoms with Crippen LogP contribution < -0.4 is 10.2 Å². The van der Waals surface area contributed by atoms with Crippen LogP contribution in [0.25, 0.3) is 0 Å². The third-order valence-electron chi connectivity index (χ3n) is 3.99. The van der Waals surface area contributed by atoms with Gasteiger partial charge >= 0.3 is 6.18 Å². The molecule has 1 aromatic carbocycles. The molecule has 0 bridgehead atoms. The van der Waals surface area contributed by atoms with E-state index < -0.39 is 11.7 Å². The number of alkyl halides is 3. The van der Waals surface area contributed by atoms with Crippen molar-refractivity contribution in [3.63, 3.8) is 0 Å². The van der Waals surface area contributed by atoms with Gasteiger partial charge in [-0.3, -0.25) is 0 Å². The summed E-state index contributed by atoms with van der Waals surface area (Å²) >= 11 is 2.98. The lowest BCUT2D eigenvalue weighted by molar-refractivity contribution is -0.138. The second-order valence-electron chi connectivity index (χ2n) is 5.54. The molecule has 1 saturated heterocycles. The highest BCUT2D eigenvalue weighted by Crippen LogP contribution is 2.37. The highest BCUT2D eigenvalue weighted by molar-refractivity contribution is 9.10. The van der Waals surface area contributed by atoms with Gasteiger partial charge in [0.05, 0.1) is 5.56 Å². The Labute approximate surface area is 131 Å². The van der Waals surface area contributed by atoms with Crippen molar-refractivity contribution in [3.8, 4) is 0 Å². The Balaban J connectivity index is 2.17. The van der Waals surface area contributed by atoms with E-state index in [9.17, 15) is 13.2 Å². The van der Waals surface area contributed by atoms with Crippen LogP contribution in [0.2, 0.25) is 0 Å². The van der Waals surface area contributed by atoms with E-state index in [2.05, 4.69) is 35.1 Å². The number of rotatable bonds is 3. The summed E-state index contributed by atoms with van der Waals surface area (Å²) in [4.78, 5) is 2.04. The fraction of sp³-hybridized carbons (Fsp3) is 0.600. The maximum absolute atomic E-state index is 13.0. The Bertz CT molecular complexity index is 490. The lowest BCUT2D eigenvalue weighted by Crippen LogP contribution is -2.48. The largest absolute Gasteiger partial charge is 0.417 e. The molecule has 2 atom stereocenters. The summed E-state index contributed by atoms with van der Waals surface area (Å²) in [6, 6.07) is 4.92. The first-order chi connectivity index (χ1) is 9.82. The molecule has 0 spiro atoms. The molecule has 0 saturated carbocycles. The van der Waals surface area contributed by atoms with Crippen molar-refractivity contribution in [2.24, 2.45) is 5.92 Å². The van der Waals surface area contributed by atoms with Crippen molar-refractivity contribution >= 4 is 21.6 Å². The van der Waals surface area contributed by atoms with Gasteiger partial charge in [0.2, 0.25) is 0 Å². The Hall–Kier alpha value is -0.750. The molecule has 6 heteroatoms. The first-order valence-electron chi connectivity index (χ1n) is 7.18. The molecule has 2 unspecified atom stereocenters. The van der Waals surface area contributed by atoms with Crippen molar-refractivity contribution in [3.05, 3.63) is 28.2 Å². The number of anilines is 1. The lowest BCUT2D eigenvalue weighted by Gasteiger charge is -2.38. The number of piperidine rings is 1. The van der Waals surface area contributed by atoms with Gasteiger partial charge in [-0.2, -0.15) is 13.2 Å². The fourth-order valence-electron chi connectivity index (χ4n) is 2.87. The van der Waals surface area contributed by atoms with Gasteiger partial charge in [-0.15, -0.1) is 0 Å². The van der Waals surface area contributed by atoms with Gasteiger partial charge in [-0.1, -0.05) is 29.8 Å². The fourth-order valence-corrected chi connectivity index (χ4v) is 3.34. The van der Waals surface area contributed by atoms with Crippen LogP contribution in [-0.4, -0.2) is 25.7 Å². The first kappa shape index (κ1) is 16.6. The summed E-state index contributed by atoms with van der Waals surface area (Å²) in [5.74, 6) is 0.414. The molecule has 1 aromatic rings. The predicted molar refractivity (Wildman–Crippen MR) is 82.6 cm³/mol. The third-order valence-corrected chi connectivity index (χ3v) is 4.68. The zero-order chi connectivity index (χ0) is 15.6. The molecule has 0 amide bonds. The Morgan fingerprint density at radius 2 is 2.10 bits per heavy atom. The van der Waals surface area contributed by atoms with Gasteiger partial charge < -0.3 is 10.2 Å². The van der Waals surface area contributed by atoms with Crippen LogP contribution in [0.1, 0.15) is 25.8 Å². The Kier molecular flexibility index (Phi) is 5.20. The third kappa shape index (κ3) is 3.92. The average molecular weight is 365 g/mol. The van der Waals surface area contributed by atoms with E-state index in [0.29, 0.717) is 17.6 Å². The van der Waals surface area contributed by atoms with E-state index in [1.807, 2.05) is 4.90 Å². The van der Waals surface area contributed by atoms with E-state index in [-0.39, 0.29) is 4.47 Å². The molecular formula is C15H20BrF3N2. The van der Waals surface area contributed by atoms with Crippen LogP contribution in [0, 0.1) is 5.92 Å². The number of benzene rings is 1. The van der Waals surface area contributed by atoms with E-state index in [1.165, 1.54) is 12.1 Å². The molecule has 21 heavy (non-hydrogen) atoms. The molecule has 1 heterocycles. The van der Waals surface area contributed by atoms with E-state index >= 15 is 0 Å². The molecule has 0 radical (unpaired) electrons. The van der Waals surface area contributed by atoms with Gasteiger partial charge in [-0.05, 0) is 37.1 Å². The lowest BCUT2D eigenvalue weighted by atomic mass is 9.93. The van der Waals surface area contributed by atoms with E-state index in [1.54, 1.807) is 6.07 Å². The van der Waals surface area contributed by atoms with Crippen LogP contribution in [0.4, 0.5) is 18.9 Å². The quantitative estimate of drug-likeness (QED) is 0.860. The zero-order valence-electron chi connectivity index (χ0n) is 12.2. The number of halogens is 4. The van der Waals surface area contributed by atoms with Crippen LogP contribution in [0.15, 0.2) is 22.7 Å². The van der Waals surface area contributed by atoms with Crippen molar-refractivity contribution in [1.82, 2.24) is 5.32 Å². The van der Waals surface area contributed by atoms with E-state index in [4.69, 9.17) is 0 Å². The highest BCUT2D eigenvalue weighted by Gasteiger charge is 2.34. The van der Waals surface area contributed by atoms with Gasteiger partial charge in [-0.25, -0.2) is 0 Å². The van der Waals surface area contributed by atoms with E-state index in [0.717, 1.165) is 26.1 Å². The molecule has 0 aliphatic carbocycles. The minimum absolute atomic E-state index is 0.0920.